The Bertz CT molecular complexity index is 767. The van der Waals surface area contributed by atoms with Crippen LogP contribution in [0, 0.1) is 5.92 Å². The van der Waals surface area contributed by atoms with Gasteiger partial charge in [0.05, 0.1) is 19.3 Å². The lowest BCUT2D eigenvalue weighted by molar-refractivity contribution is -0.153. The zero-order valence-electron chi connectivity index (χ0n) is 16.6. The molecule has 0 unspecified atom stereocenters. The quantitative estimate of drug-likeness (QED) is 0.370. The highest BCUT2D eigenvalue weighted by molar-refractivity contribution is 6.30. The van der Waals surface area contributed by atoms with Gasteiger partial charge in [-0.05, 0) is 23.8 Å². The van der Waals surface area contributed by atoms with E-state index in [0.717, 1.165) is 5.56 Å². The Morgan fingerprint density at radius 2 is 1.87 bits per heavy atom. The first kappa shape index (κ1) is 24.1. The molecule has 5 N–H and O–H groups in total. The third-order valence-corrected chi connectivity index (χ3v) is 4.86. The third-order valence-electron chi connectivity index (χ3n) is 4.60. The molecular formula is C20H26ClNO8. The molecule has 30 heavy (non-hydrogen) atoms. The van der Waals surface area contributed by atoms with E-state index in [1.165, 1.54) is 6.08 Å². The predicted octanol–water partition coefficient (Wildman–Crippen LogP) is 0.447. The fourth-order valence-corrected chi connectivity index (χ4v) is 2.98. The van der Waals surface area contributed by atoms with Crippen LogP contribution in [0.5, 0.6) is 0 Å². The molecule has 0 aliphatic carbocycles. The molecule has 0 bridgehead atoms. The Morgan fingerprint density at radius 1 is 1.23 bits per heavy atom. The summed E-state index contributed by atoms with van der Waals surface area (Å²) in [7, 11) is 0. The van der Waals surface area contributed by atoms with E-state index < -0.39 is 54.7 Å². The predicted molar refractivity (Wildman–Crippen MR) is 106 cm³/mol. The normalized spacial score (nSPS) is 23.3. The van der Waals surface area contributed by atoms with E-state index in [1.54, 1.807) is 38.1 Å². The molecule has 5 atom stereocenters. The van der Waals surface area contributed by atoms with Crippen LogP contribution in [0.1, 0.15) is 19.4 Å². The molecule has 1 aliphatic heterocycles. The van der Waals surface area contributed by atoms with Crippen LogP contribution in [0.4, 0.5) is 0 Å². The number of aliphatic hydroxyl groups excluding tert-OH is 3. The molecule has 10 heteroatoms. The van der Waals surface area contributed by atoms with Crippen LogP contribution in [0.2, 0.25) is 5.02 Å². The molecule has 1 aromatic carbocycles. The number of nitrogens with one attached hydrogen (secondary N) is 1. The third kappa shape index (κ3) is 6.16. The van der Waals surface area contributed by atoms with Gasteiger partial charge in [-0.1, -0.05) is 37.6 Å². The second-order valence-corrected chi connectivity index (χ2v) is 7.69. The van der Waals surface area contributed by atoms with E-state index >= 15 is 0 Å². The molecule has 0 saturated heterocycles. The van der Waals surface area contributed by atoms with Crippen molar-refractivity contribution < 1.29 is 39.5 Å². The number of hydrogen-bond donors (Lipinski definition) is 5. The molecule has 0 fully saturated rings. The number of rotatable bonds is 9. The van der Waals surface area contributed by atoms with Crippen LogP contribution in [0.25, 0.3) is 0 Å². The van der Waals surface area contributed by atoms with Gasteiger partial charge in [-0.2, -0.15) is 0 Å². The van der Waals surface area contributed by atoms with Gasteiger partial charge in [0.15, 0.2) is 6.10 Å². The van der Waals surface area contributed by atoms with E-state index in [0.29, 0.717) is 5.02 Å². The summed E-state index contributed by atoms with van der Waals surface area (Å²) < 4.78 is 11.2. The lowest BCUT2D eigenvalue weighted by atomic mass is 9.93. The summed E-state index contributed by atoms with van der Waals surface area (Å²) in [4.78, 5) is 23.8. The number of carbonyl (C=O) groups is 2. The largest absolute Gasteiger partial charge is 0.478 e. The van der Waals surface area contributed by atoms with Gasteiger partial charge < -0.3 is 35.2 Å². The van der Waals surface area contributed by atoms with Crippen LogP contribution < -0.4 is 5.32 Å². The molecule has 9 nitrogen and oxygen atoms in total. The van der Waals surface area contributed by atoms with Gasteiger partial charge in [-0.15, -0.1) is 0 Å². The molecule has 1 aromatic rings. The van der Waals surface area contributed by atoms with Gasteiger partial charge in [0.25, 0.3) is 0 Å². The molecule has 0 aromatic heterocycles. The van der Waals surface area contributed by atoms with Gasteiger partial charge in [-0.3, -0.25) is 4.79 Å². The Morgan fingerprint density at radius 3 is 2.40 bits per heavy atom. The van der Waals surface area contributed by atoms with Crippen LogP contribution in [-0.2, 0) is 25.7 Å². The topological polar surface area (TPSA) is 146 Å². The number of amides is 1. The van der Waals surface area contributed by atoms with Crippen molar-refractivity contribution in [2.45, 2.75) is 50.9 Å². The molecular weight excluding hydrogens is 418 g/mol. The first-order chi connectivity index (χ1) is 14.1. The molecule has 166 valence electrons. The van der Waals surface area contributed by atoms with Crippen LogP contribution in [0.15, 0.2) is 36.1 Å². The molecule has 1 amide bonds. The minimum absolute atomic E-state index is 0.0602. The lowest BCUT2D eigenvalue weighted by Gasteiger charge is -2.40. The summed E-state index contributed by atoms with van der Waals surface area (Å²) in [5.74, 6) is -2.70. The van der Waals surface area contributed by atoms with Crippen molar-refractivity contribution in [3.05, 3.63) is 46.7 Å². The molecule has 2 rings (SSSR count). The molecule has 0 radical (unpaired) electrons. The van der Waals surface area contributed by atoms with Crippen LogP contribution in [0.3, 0.4) is 0 Å². The minimum atomic E-state index is -1.68. The van der Waals surface area contributed by atoms with Crippen LogP contribution in [-0.4, -0.2) is 69.4 Å². The van der Waals surface area contributed by atoms with Crippen molar-refractivity contribution in [2.24, 2.45) is 5.92 Å². The first-order valence-electron chi connectivity index (χ1n) is 9.39. The zero-order chi connectivity index (χ0) is 22.4. The number of carboxylic acid groups (broad SMARTS) is 1. The molecule has 1 heterocycles. The van der Waals surface area contributed by atoms with Crippen LogP contribution >= 0.6 is 11.6 Å². The number of aliphatic carboxylic acids is 1. The highest BCUT2D eigenvalue weighted by atomic mass is 35.5. The second-order valence-electron chi connectivity index (χ2n) is 7.25. The Kier molecular flexibility index (Phi) is 8.63. The zero-order valence-corrected chi connectivity index (χ0v) is 17.3. The van der Waals surface area contributed by atoms with E-state index in [2.05, 4.69) is 5.32 Å². The molecule has 0 spiro atoms. The summed E-state index contributed by atoms with van der Waals surface area (Å²) in [6.07, 6.45) is -4.47. The highest BCUT2D eigenvalue weighted by Crippen LogP contribution is 2.26. The smallest absolute Gasteiger partial charge is 0.370 e. The average Bonchev–Trinajstić information content (AvgIpc) is 2.72. The van der Waals surface area contributed by atoms with Gasteiger partial charge in [-0.25, -0.2) is 4.79 Å². The van der Waals surface area contributed by atoms with Gasteiger partial charge in [0, 0.05) is 10.9 Å². The minimum Gasteiger partial charge on any atom is -0.478 e. The summed E-state index contributed by atoms with van der Waals surface area (Å²) in [5, 5.41) is 42.1. The van der Waals surface area contributed by atoms with E-state index in [9.17, 15) is 30.0 Å². The van der Waals surface area contributed by atoms with Gasteiger partial charge in [0.2, 0.25) is 11.7 Å². The van der Waals surface area contributed by atoms with E-state index in [1.807, 2.05) is 0 Å². The van der Waals surface area contributed by atoms with Crippen molar-refractivity contribution in [3.63, 3.8) is 0 Å². The van der Waals surface area contributed by atoms with Crippen molar-refractivity contribution in [1.29, 1.82) is 0 Å². The molecule has 0 saturated carbocycles. The van der Waals surface area contributed by atoms with Crippen molar-refractivity contribution in [1.82, 2.24) is 5.32 Å². The Hall–Kier alpha value is -2.17. The van der Waals surface area contributed by atoms with Crippen molar-refractivity contribution in [2.75, 3.05) is 6.61 Å². The maximum absolute atomic E-state index is 12.3. The maximum atomic E-state index is 12.3. The summed E-state index contributed by atoms with van der Waals surface area (Å²) in [6.45, 7) is 2.60. The number of carboxylic acids is 1. The maximum Gasteiger partial charge on any atom is 0.370 e. The number of ether oxygens (including phenoxy) is 2. The van der Waals surface area contributed by atoms with Gasteiger partial charge >= 0.3 is 5.97 Å². The number of carbonyl (C=O) groups excluding carboxylic acids is 1. The lowest BCUT2D eigenvalue weighted by Crippen LogP contribution is -2.61. The fourth-order valence-electron chi connectivity index (χ4n) is 2.85. The molecule has 1 aliphatic rings. The fraction of sp³-hybridized carbons (Fsp3) is 0.500. The number of aliphatic hydroxyl groups is 3. The van der Waals surface area contributed by atoms with Gasteiger partial charge in [0.1, 0.15) is 18.3 Å². The van der Waals surface area contributed by atoms with Crippen molar-refractivity contribution in [3.8, 4) is 0 Å². The second kappa shape index (κ2) is 10.7. The summed E-state index contributed by atoms with van der Waals surface area (Å²) >= 11 is 5.87. The summed E-state index contributed by atoms with van der Waals surface area (Å²) in [6, 6.07) is 5.78. The monoisotopic (exact) mass is 443 g/mol. The number of hydrogen-bond acceptors (Lipinski definition) is 7. The average molecular weight is 444 g/mol. The van der Waals surface area contributed by atoms with Crippen molar-refractivity contribution >= 4 is 23.5 Å². The summed E-state index contributed by atoms with van der Waals surface area (Å²) in [5.41, 5.74) is 0.748. The van der Waals surface area contributed by atoms with E-state index in [4.69, 9.17) is 21.1 Å². The highest BCUT2D eigenvalue weighted by Gasteiger charge is 2.44. The number of benzene rings is 1. The van der Waals surface area contributed by atoms with E-state index in [-0.39, 0.29) is 12.5 Å². The standard InChI is InChI=1S/C20H26ClNO8/c1-10(2)19(26)22-16-14(29-9-11-3-5-12(21)6-4-11)7-15(20(27)28)30-18(16)17(25)13(24)8-23/h3-7,10,13-14,16-18,23-25H,8-9H2,1-2H3,(H,22,26)(H,27,28)/t13-,14-,16-,17-,18-/m1/s1. The Balaban J connectivity index is 2.34. The number of halogens is 1. The first-order valence-corrected chi connectivity index (χ1v) is 9.77. The SMILES string of the molecule is CC(C)C(=O)N[C@H]1[C@H]([C@H](O)[C@H](O)CO)OC(C(=O)O)=C[C@H]1OCc1ccc(Cl)cc1. The Labute approximate surface area is 178 Å².